The second-order valence-electron chi connectivity index (χ2n) is 4.67. The number of piperidine rings is 1. The van der Waals surface area contributed by atoms with Crippen molar-refractivity contribution in [1.82, 2.24) is 10.0 Å². The molecule has 1 aliphatic heterocycles. The van der Waals surface area contributed by atoms with E-state index >= 15 is 0 Å². The lowest BCUT2D eigenvalue weighted by atomic mass is 10.1. The Kier molecular flexibility index (Phi) is 5.42. The van der Waals surface area contributed by atoms with E-state index in [9.17, 15) is 8.42 Å². The Balaban J connectivity index is 2.14. The molecule has 2 N–H and O–H groups in total. The van der Waals surface area contributed by atoms with E-state index in [-0.39, 0.29) is 10.9 Å². The molecule has 20 heavy (non-hydrogen) atoms. The smallest absolute Gasteiger partial charge is 0.240 e. The van der Waals surface area contributed by atoms with E-state index in [1.807, 2.05) is 6.92 Å². The van der Waals surface area contributed by atoms with E-state index in [0.717, 1.165) is 25.9 Å². The lowest BCUT2D eigenvalue weighted by molar-refractivity contribution is 0.338. The van der Waals surface area contributed by atoms with Crippen LogP contribution in [-0.4, -0.2) is 34.2 Å². The quantitative estimate of drug-likeness (QED) is 0.838. The van der Waals surface area contributed by atoms with Crippen molar-refractivity contribution >= 4 is 26.0 Å². The Morgan fingerprint density at radius 2 is 2.10 bits per heavy atom. The minimum absolute atomic E-state index is 0.00611. The van der Waals surface area contributed by atoms with Gasteiger partial charge in [0.1, 0.15) is 5.75 Å². The van der Waals surface area contributed by atoms with Gasteiger partial charge in [0.2, 0.25) is 10.0 Å². The molecule has 7 heteroatoms. The number of benzene rings is 1. The zero-order valence-electron chi connectivity index (χ0n) is 11.4. The third-order valence-electron chi connectivity index (χ3n) is 3.17. The number of nitrogens with one attached hydrogen (secondary N) is 2. The van der Waals surface area contributed by atoms with Gasteiger partial charge in [0.15, 0.2) is 0 Å². The SMILES string of the molecule is CCOc1ccc(S(=O)(=O)NC2CCNCC2)cc1Br. The molecular weight excluding hydrogens is 344 g/mol. The van der Waals surface area contributed by atoms with Crippen molar-refractivity contribution in [2.24, 2.45) is 0 Å². The first-order valence-electron chi connectivity index (χ1n) is 6.68. The maximum Gasteiger partial charge on any atom is 0.240 e. The summed E-state index contributed by atoms with van der Waals surface area (Å²) in [7, 11) is -3.48. The van der Waals surface area contributed by atoms with Crippen molar-refractivity contribution in [3.63, 3.8) is 0 Å². The number of sulfonamides is 1. The normalized spacial score (nSPS) is 17.1. The summed E-state index contributed by atoms with van der Waals surface area (Å²) in [5.41, 5.74) is 0. The van der Waals surface area contributed by atoms with E-state index in [4.69, 9.17) is 4.74 Å². The van der Waals surface area contributed by atoms with Gasteiger partial charge in [-0.25, -0.2) is 13.1 Å². The van der Waals surface area contributed by atoms with E-state index in [1.165, 1.54) is 0 Å². The van der Waals surface area contributed by atoms with Crippen LogP contribution in [-0.2, 0) is 10.0 Å². The predicted molar refractivity (Wildman–Crippen MR) is 81.5 cm³/mol. The van der Waals surface area contributed by atoms with Gasteiger partial charge < -0.3 is 10.1 Å². The number of hydrogen-bond acceptors (Lipinski definition) is 4. The monoisotopic (exact) mass is 362 g/mol. The van der Waals surface area contributed by atoms with Crippen LogP contribution in [0.15, 0.2) is 27.6 Å². The summed E-state index contributed by atoms with van der Waals surface area (Å²) in [5.74, 6) is 0.647. The summed E-state index contributed by atoms with van der Waals surface area (Å²) in [6, 6.07) is 4.82. The predicted octanol–water partition coefficient (Wildman–Crippen LogP) is 1.88. The molecule has 2 rings (SSSR count). The molecule has 0 saturated carbocycles. The Labute approximate surface area is 128 Å². The number of hydrogen-bond donors (Lipinski definition) is 2. The molecular formula is C13H19BrN2O3S. The first kappa shape index (κ1) is 15.8. The second kappa shape index (κ2) is 6.89. The van der Waals surface area contributed by atoms with Gasteiger partial charge >= 0.3 is 0 Å². The molecule has 1 aliphatic rings. The van der Waals surface area contributed by atoms with Crippen LogP contribution in [0.4, 0.5) is 0 Å². The minimum Gasteiger partial charge on any atom is -0.493 e. The van der Waals surface area contributed by atoms with E-state index < -0.39 is 10.0 Å². The molecule has 1 heterocycles. The van der Waals surface area contributed by atoms with Crippen LogP contribution in [0.25, 0.3) is 0 Å². The Bertz CT molecular complexity index is 557. The first-order chi connectivity index (χ1) is 9.53. The number of ether oxygens (including phenoxy) is 1. The summed E-state index contributed by atoms with van der Waals surface area (Å²) < 4.78 is 33.4. The first-order valence-corrected chi connectivity index (χ1v) is 8.96. The number of rotatable bonds is 5. The van der Waals surface area contributed by atoms with Crippen molar-refractivity contribution in [2.75, 3.05) is 19.7 Å². The highest BCUT2D eigenvalue weighted by Gasteiger charge is 2.22. The van der Waals surface area contributed by atoms with Gasteiger partial charge in [-0.1, -0.05) is 0 Å². The highest BCUT2D eigenvalue weighted by Crippen LogP contribution is 2.28. The maximum absolute atomic E-state index is 12.3. The molecule has 0 radical (unpaired) electrons. The summed E-state index contributed by atoms with van der Waals surface area (Å²) in [6.45, 7) is 4.12. The van der Waals surface area contributed by atoms with Crippen LogP contribution in [0, 0.1) is 0 Å². The molecule has 0 bridgehead atoms. The van der Waals surface area contributed by atoms with Crippen molar-refractivity contribution < 1.29 is 13.2 Å². The highest BCUT2D eigenvalue weighted by atomic mass is 79.9. The lowest BCUT2D eigenvalue weighted by Gasteiger charge is -2.23. The van der Waals surface area contributed by atoms with E-state index in [1.54, 1.807) is 18.2 Å². The third-order valence-corrected chi connectivity index (χ3v) is 5.31. The van der Waals surface area contributed by atoms with Gasteiger partial charge in [-0.2, -0.15) is 0 Å². The fourth-order valence-electron chi connectivity index (χ4n) is 2.15. The van der Waals surface area contributed by atoms with Crippen molar-refractivity contribution in [2.45, 2.75) is 30.7 Å². The van der Waals surface area contributed by atoms with Crippen LogP contribution in [0.5, 0.6) is 5.75 Å². The summed E-state index contributed by atoms with van der Waals surface area (Å²) >= 11 is 3.34. The second-order valence-corrected chi connectivity index (χ2v) is 7.24. The Morgan fingerprint density at radius 1 is 1.40 bits per heavy atom. The summed E-state index contributed by atoms with van der Waals surface area (Å²) in [4.78, 5) is 0.256. The fourth-order valence-corrected chi connectivity index (χ4v) is 4.12. The van der Waals surface area contributed by atoms with Gasteiger partial charge in [0, 0.05) is 6.04 Å². The van der Waals surface area contributed by atoms with Crippen LogP contribution < -0.4 is 14.8 Å². The minimum atomic E-state index is -3.48. The molecule has 1 aromatic rings. The van der Waals surface area contributed by atoms with Gasteiger partial charge in [-0.3, -0.25) is 0 Å². The highest BCUT2D eigenvalue weighted by molar-refractivity contribution is 9.10. The number of halogens is 1. The molecule has 0 atom stereocenters. The molecule has 0 spiro atoms. The molecule has 0 aliphatic carbocycles. The molecule has 0 unspecified atom stereocenters. The maximum atomic E-state index is 12.3. The van der Waals surface area contributed by atoms with Gasteiger partial charge in [0.05, 0.1) is 16.0 Å². The van der Waals surface area contributed by atoms with E-state index in [2.05, 4.69) is 26.0 Å². The molecule has 1 fully saturated rings. The molecule has 1 aromatic carbocycles. The van der Waals surface area contributed by atoms with E-state index in [0.29, 0.717) is 16.8 Å². The molecule has 5 nitrogen and oxygen atoms in total. The standard InChI is InChI=1S/C13H19BrN2O3S/c1-2-19-13-4-3-11(9-12(13)14)20(17,18)16-10-5-7-15-8-6-10/h3-4,9-10,15-16H,2,5-8H2,1H3. The van der Waals surface area contributed by atoms with Crippen LogP contribution >= 0.6 is 15.9 Å². The zero-order chi connectivity index (χ0) is 14.6. The van der Waals surface area contributed by atoms with Crippen molar-refractivity contribution in [3.05, 3.63) is 22.7 Å². The lowest BCUT2D eigenvalue weighted by Crippen LogP contribution is -2.42. The molecule has 112 valence electrons. The van der Waals surface area contributed by atoms with Crippen LogP contribution in [0.2, 0.25) is 0 Å². The van der Waals surface area contributed by atoms with Crippen LogP contribution in [0.3, 0.4) is 0 Å². The third kappa shape index (κ3) is 3.94. The van der Waals surface area contributed by atoms with Gasteiger partial charge in [0.25, 0.3) is 0 Å². The van der Waals surface area contributed by atoms with Crippen molar-refractivity contribution in [1.29, 1.82) is 0 Å². The molecule has 0 aromatic heterocycles. The largest absolute Gasteiger partial charge is 0.493 e. The Morgan fingerprint density at radius 3 is 2.70 bits per heavy atom. The topological polar surface area (TPSA) is 67.4 Å². The zero-order valence-corrected chi connectivity index (χ0v) is 13.8. The van der Waals surface area contributed by atoms with Crippen LogP contribution in [0.1, 0.15) is 19.8 Å². The van der Waals surface area contributed by atoms with Gasteiger partial charge in [-0.15, -0.1) is 0 Å². The fraction of sp³-hybridized carbons (Fsp3) is 0.538. The summed E-state index contributed by atoms with van der Waals surface area (Å²) in [5, 5.41) is 3.21. The average Bonchev–Trinajstić information content (AvgIpc) is 2.42. The summed E-state index contributed by atoms with van der Waals surface area (Å²) in [6.07, 6.45) is 1.63. The average molecular weight is 363 g/mol. The van der Waals surface area contributed by atoms with Gasteiger partial charge in [-0.05, 0) is 67.0 Å². The molecule has 1 saturated heterocycles. The van der Waals surface area contributed by atoms with Crippen molar-refractivity contribution in [3.8, 4) is 5.75 Å². The Hall–Kier alpha value is -0.630. The molecule has 0 amide bonds.